The summed E-state index contributed by atoms with van der Waals surface area (Å²) in [5.41, 5.74) is 7.86. The van der Waals surface area contributed by atoms with Gasteiger partial charge in [-0.05, 0) is 24.5 Å². The lowest BCUT2D eigenvalue weighted by Crippen LogP contribution is -2.05. The fraction of sp³-hybridized carbons (Fsp3) is 0.400. The van der Waals surface area contributed by atoms with E-state index in [9.17, 15) is 4.39 Å². The summed E-state index contributed by atoms with van der Waals surface area (Å²) in [5, 5.41) is 7.45. The second kappa shape index (κ2) is 5.09. The van der Waals surface area contributed by atoms with Gasteiger partial charge in [0.1, 0.15) is 5.82 Å². The van der Waals surface area contributed by atoms with E-state index in [0.717, 1.165) is 12.1 Å². The number of hydrogen-bond acceptors (Lipinski definition) is 2. The van der Waals surface area contributed by atoms with E-state index < -0.39 is 0 Å². The number of H-pyrrole nitrogens is 1. The van der Waals surface area contributed by atoms with Gasteiger partial charge in [0.15, 0.2) is 5.82 Å². The minimum Gasteiger partial charge on any atom is -0.382 e. The molecule has 3 rings (SSSR count). The van der Waals surface area contributed by atoms with Crippen LogP contribution in [0.15, 0.2) is 18.2 Å². The van der Waals surface area contributed by atoms with Gasteiger partial charge in [0.05, 0.1) is 10.6 Å². The van der Waals surface area contributed by atoms with Crippen LogP contribution in [0.25, 0.3) is 11.1 Å². The molecule has 20 heavy (non-hydrogen) atoms. The molecule has 1 aliphatic carbocycles. The van der Waals surface area contributed by atoms with Crippen LogP contribution in [-0.2, 0) is 0 Å². The Labute approximate surface area is 122 Å². The van der Waals surface area contributed by atoms with Crippen molar-refractivity contribution >= 4 is 17.4 Å². The van der Waals surface area contributed by atoms with Gasteiger partial charge in [-0.15, -0.1) is 0 Å². The van der Waals surface area contributed by atoms with Crippen molar-refractivity contribution < 1.29 is 4.39 Å². The summed E-state index contributed by atoms with van der Waals surface area (Å²) in [7, 11) is 0. The van der Waals surface area contributed by atoms with E-state index in [-0.39, 0.29) is 5.82 Å². The summed E-state index contributed by atoms with van der Waals surface area (Å²) in [5.74, 6) is 0.827. The summed E-state index contributed by atoms with van der Waals surface area (Å²) in [4.78, 5) is 0. The van der Waals surface area contributed by atoms with E-state index in [2.05, 4.69) is 17.1 Å². The van der Waals surface area contributed by atoms with Crippen LogP contribution < -0.4 is 5.73 Å². The number of benzene rings is 1. The lowest BCUT2D eigenvalue weighted by molar-refractivity contribution is 0.522. The normalized spacial score (nSPS) is 22.4. The van der Waals surface area contributed by atoms with E-state index in [4.69, 9.17) is 17.3 Å². The summed E-state index contributed by atoms with van der Waals surface area (Å²) in [6.45, 7) is 2.21. The number of rotatable bonds is 2. The number of hydrogen-bond donors (Lipinski definition) is 2. The molecule has 3 nitrogen and oxygen atoms in total. The van der Waals surface area contributed by atoms with E-state index >= 15 is 0 Å². The number of nitrogens with one attached hydrogen (secondary N) is 1. The molecule has 2 atom stereocenters. The van der Waals surface area contributed by atoms with Gasteiger partial charge < -0.3 is 5.73 Å². The van der Waals surface area contributed by atoms with Crippen molar-refractivity contribution in [3.63, 3.8) is 0 Å². The number of aromatic nitrogens is 2. The molecule has 1 aromatic heterocycles. The Kier molecular flexibility index (Phi) is 3.42. The summed E-state index contributed by atoms with van der Waals surface area (Å²) < 4.78 is 14.2. The summed E-state index contributed by atoms with van der Waals surface area (Å²) >= 11 is 6.17. The molecule has 106 valence electrons. The lowest BCUT2D eigenvalue weighted by atomic mass is 9.89. The third-order valence-electron chi connectivity index (χ3n) is 4.27. The average Bonchev–Trinajstić information content (AvgIpc) is 2.97. The van der Waals surface area contributed by atoms with E-state index in [0.29, 0.717) is 33.8 Å². The van der Waals surface area contributed by atoms with Crippen molar-refractivity contribution in [2.45, 2.75) is 32.1 Å². The van der Waals surface area contributed by atoms with Crippen LogP contribution >= 0.6 is 11.6 Å². The predicted octanol–water partition coefficient (Wildman–Crippen LogP) is 4.36. The molecule has 1 aliphatic rings. The third kappa shape index (κ3) is 2.08. The molecule has 1 saturated carbocycles. The van der Waals surface area contributed by atoms with Crippen LogP contribution in [0.1, 0.15) is 37.8 Å². The highest BCUT2D eigenvalue weighted by Gasteiger charge is 2.31. The van der Waals surface area contributed by atoms with Crippen LogP contribution in [0, 0.1) is 11.7 Å². The molecule has 0 bridgehead atoms. The SMILES string of the molecule is CC1CCCC1c1[nH]nc(N)c1-c1c(F)cccc1Cl. The van der Waals surface area contributed by atoms with Crippen molar-refractivity contribution in [1.82, 2.24) is 10.2 Å². The molecule has 3 N–H and O–H groups in total. The first-order valence-corrected chi connectivity index (χ1v) is 7.25. The van der Waals surface area contributed by atoms with Crippen LogP contribution in [0.5, 0.6) is 0 Å². The van der Waals surface area contributed by atoms with Gasteiger partial charge in [-0.1, -0.05) is 37.4 Å². The second-order valence-electron chi connectivity index (χ2n) is 5.51. The number of nitrogens with zero attached hydrogens (tertiary/aromatic N) is 1. The second-order valence-corrected chi connectivity index (χ2v) is 5.92. The Balaban J connectivity index is 2.17. The highest BCUT2D eigenvalue weighted by atomic mass is 35.5. The van der Waals surface area contributed by atoms with E-state index in [1.165, 1.54) is 18.9 Å². The fourth-order valence-corrected chi connectivity index (χ4v) is 3.47. The van der Waals surface area contributed by atoms with Gasteiger partial charge in [0, 0.05) is 17.2 Å². The maximum atomic E-state index is 14.2. The molecule has 0 aliphatic heterocycles. The Bertz CT molecular complexity index is 618. The lowest BCUT2D eigenvalue weighted by Gasteiger charge is -2.16. The van der Waals surface area contributed by atoms with Crippen LogP contribution in [0.3, 0.4) is 0 Å². The maximum Gasteiger partial charge on any atom is 0.153 e. The van der Waals surface area contributed by atoms with Gasteiger partial charge in [-0.2, -0.15) is 5.10 Å². The zero-order valence-electron chi connectivity index (χ0n) is 11.3. The number of anilines is 1. The van der Waals surface area contributed by atoms with Gasteiger partial charge in [-0.25, -0.2) is 4.39 Å². The van der Waals surface area contributed by atoms with Gasteiger partial charge in [0.2, 0.25) is 0 Å². The topological polar surface area (TPSA) is 54.7 Å². The molecule has 1 aromatic carbocycles. The first-order valence-electron chi connectivity index (χ1n) is 6.87. The highest BCUT2D eigenvalue weighted by Crippen LogP contribution is 2.45. The smallest absolute Gasteiger partial charge is 0.153 e. The number of aromatic amines is 1. The van der Waals surface area contributed by atoms with Crippen molar-refractivity contribution in [2.75, 3.05) is 5.73 Å². The van der Waals surface area contributed by atoms with Gasteiger partial charge >= 0.3 is 0 Å². The first-order chi connectivity index (χ1) is 9.59. The third-order valence-corrected chi connectivity index (χ3v) is 4.58. The zero-order chi connectivity index (χ0) is 14.3. The molecule has 0 spiro atoms. The van der Waals surface area contributed by atoms with Crippen molar-refractivity contribution in [1.29, 1.82) is 0 Å². The van der Waals surface area contributed by atoms with Crippen LogP contribution in [0.4, 0.5) is 10.2 Å². The van der Waals surface area contributed by atoms with Crippen LogP contribution in [-0.4, -0.2) is 10.2 Å². The summed E-state index contributed by atoms with van der Waals surface area (Å²) in [6.07, 6.45) is 3.42. The molecule has 2 aromatic rings. The fourth-order valence-electron chi connectivity index (χ4n) is 3.21. The monoisotopic (exact) mass is 293 g/mol. The maximum absolute atomic E-state index is 14.2. The predicted molar refractivity (Wildman–Crippen MR) is 79.2 cm³/mol. The molecular weight excluding hydrogens is 277 g/mol. The standard InChI is InChI=1S/C15H17ClFN3/c1-8-4-2-5-9(8)14-13(15(18)20-19-14)12-10(16)6-3-7-11(12)17/h3,6-9H,2,4-5H2,1H3,(H3,18,19,20). The average molecular weight is 294 g/mol. The number of nitrogens with two attached hydrogens (primary N) is 1. The van der Waals surface area contributed by atoms with Crippen LogP contribution in [0.2, 0.25) is 5.02 Å². The number of nitrogen functional groups attached to an aromatic ring is 1. The Hall–Kier alpha value is -1.55. The van der Waals surface area contributed by atoms with Crippen molar-refractivity contribution in [3.8, 4) is 11.1 Å². The zero-order valence-corrected chi connectivity index (χ0v) is 12.0. The quantitative estimate of drug-likeness (QED) is 0.864. The van der Waals surface area contributed by atoms with Crippen molar-refractivity contribution in [3.05, 3.63) is 34.7 Å². The van der Waals surface area contributed by atoms with E-state index in [1.807, 2.05) is 0 Å². The van der Waals surface area contributed by atoms with Crippen molar-refractivity contribution in [2.24, 2.45) is 5.92 Å². The largest absolute Gasteiger partial charge is 0.382 e. The first kappa shape index (κ1) is 13.4. The Morgan fingerprint density at radius 3 is 2.80 bits per heavy atom. The number of halogens is 2. The Morgan fingerprint density at radius 2 is 2.15 bits per heavy atom. The van der Waals surface area contributed by atoms with E-state index in [1.54, 1.807) is 12.1 Å². The Morgan fingerprint density at radius 1 is 1.35 bits per heavy atom. The summed E-state index contributed by atoms with van der Waals surface area (Å²) in [6, 6.07) is 4.67. The van der Waals surface area contributed by atoms with Gasteiger partial charge in [-0.3, -0.25) is 5.10 Å². The minimum absolute atomic E-state index is 0.311. The molecule has 1 heterocycles. The van der Waals surface area contributed by atoms with Gasteiger partial charge in [0.25, 0.3) is 0 Å². The molecular formula is C15H17ClFN3. The highest BCUT2D eigenvalue weighted by molar-refractivity contribution is 6.33. The molecule has 0 saturated heterocycles. The molecule has 0 amide bonds. The minimum atomic E-state index is -0.363. The molecule has 0 radical (unpaired) electrons. The molecule has 5 heteroatoms. The molecule has 1 fully saturated rings. The molecule has 2 unspecified atom stereocenters.